The van der Waals surface area contributed by atoms with Crippen molar-refractivity contribution in [2.75, 3.05) is 6.54 Å². The van der Waals surface area contributed by atoms with Crippen LogP contribution in [0, 0.1) is 6.92 Å². The topological polar surface area (TPSA) is 57.6 Å². The van der Waals surface area contributed by atoms with E-state index in [2.05, 4.69) is 15.9 Å². The Hall–Kier alpha value is -1.36. The van der Waals surface area contributed by atoms with Gasteiger partial charge in [-0.1, -0.05) is 6.07 Å². The van der Waals surface area contributed by atoms with Crippen LogP contribution in [0.3, 0.4) is 0 Å². The number of carbonyl (C=O) groups is 2. The maximum atomic E-state index is 12.3. The van der Waals surface area contributed by atoms with Gasteiger partial charge in [-0.3, -0.25) is 9.59 Å². The van der Waals surface area contributed by atoms with Crippen molar-refractivity contribution < 1.29 is 14.7 Å². The van der Waals surface area contributed by atoms with E-state index >= 15 is 0 Å². The summed E-state index contributed by atoms with van der Waals surface area (Å²) in [5.74, 6) is -1.29. The van der Waals surface area contributed by atoms with Crippen molar-refractivity contribution in [2.24, 2.45) is 0 Å². The van der Waals surface area contributed by atoms with Crippen LogP contribution >= 0.6 is 15.9 Å². The highest BCUT2D eigenvalue weighted by Crippen LogP contribution is 2.20. The van der Waals surface area contributed by atoms with Crippen molar-refractivity contribution in [1.82, 2.24) is 4.90 Å². The van der Waals surface area contributed by atoms with Gasteiger partial charge >= 0.3 is 5.97 Å². The molecule has 1 rings (SSSR count). The number of nitrogens with zero attached hydrogens (tertiary/aromatic N) is 1. The van der Waals surface area contributed by atoms with E-state index in [0.29, 0.717) is 10.0 Å². The molecule has 0 heterocycles. The van der Waals surface area contributed by atoms with E-state index in [1.165, 1.54) is 4.90 Å². The van der Waals surface area contributed by atoms with E-state index in [1.807, 2.05) is 19.1 Å². The number of hydrogen-bond donors (Lipinski definition) is 1. The molecule has 1 aromatic carbocycles. The number of rotatable bonds is 4. The molecule has 0 aliphatic heterocycles. The van der Waals surface area contributed by atoms with Crippen LogP contribution in [-0.2, 0) is 4.79 Å². The summed E-state index contributed by atoms with van der Waals surface area (Å²) in [5.41, 5.74) is 1.52. The molecule has 0 spiro atoms. The van der Waals surface area contributed by atoms with E-state index in [4.69, 9.17) is 5.11 Å². The molecular formula is C13H16BrNO3. The number of aliphatic carboxylic acids is 1. The summed E-state index contributed by atoms with van der Waals surface area (Å²) >= 11 is 3.34. The van der Waals surface area contributed by atoms with Gasteiger partial charge in [0.05, 0.1) is 5.56 Å². The molecule has 0 unspecified atom stereocenters. The summed E-state index contributed by atoms with van der Waals surface area (Å²) in [6, 6.07) is 5.21. The maximum absolute atomic E-state index is 12.3. The van der Waals surface area contributed by atoms with Gasteiger partial charge < -0.3 is 10.0 Å². The number of benzene rings is 1. The number of aryl methyl sites for hydroxylation is 1. The van der Waals surface area contributed by atoms with Crippen molar-refractivity contribution in [3.05, 3.63) is 33.8 Å². The number of carboxylic acids is 1. The Morgan fingerprint density at radius 1 is 1.39 bits per heavy atom. The fraction of sp³-hybridized carbons (Fsp3) is 0.385. The van der Waals surface area contributed by atoms with Crippen LogP contribution in [0.1, 0.15) is 29.8 Å². The van der Waals surface area contributed by atoms with Crippen molar-refractivity contribution in [3.8, 4) is 0 Å². The van der Waals surface area contributed by atoms with E-state index in [1.54, 1.807) is 19.9 Å². The molecule has 4 nitrogen and oxygen atoms in total. The van der Waals surface area contributed by atoms with Crippen LogP contribution in [0.2, 0.25) is 0 Å². The molecular weight excluding hydrogens is 298 g/mol. The van der Waals surface area contributed by atoms with Crippen LogP contribution in [0.25, 0.3) is 0 Å². The normalized spacial score (nSPS) is 10.5. The molecule has 0 atom stereocenters. The van der Waals surface area contributed by atoms with Gasteiger partial charge in [0.2, 0.25) is 0 Å². The first-order valence-corrected chi connectivity index (χ1v) is 6.41. The quantitative estimate of drug-likeness (QED) is 0.929. The Morgan fingerprint density at radius 2 is 2.00 bits per heavy atom. The van der Waals surface area contributed by atoms with Gasteiger partial charge in [-0.25, -0.2) is 0 Å². The molecule has 18 heavy (non-hydrogen) atoms. The molecule has 0 bridgehead atoms. The standard InChI is InChI=1S/C13H16BrNO3/c1-8(2)15(7-12(16)17)13(18)10-5-4-9(3)6-11(10)14/h4-6,8H,7H2,1-3H3,(H,16,17). The Bertz CT molecular complexity index is 471. The minimum absolute atomic E-state index is 0.165. The first kappa shape index (κ1) is 14.7. The highest BCUT2D eigenvalue weighted by molar-refractivity contribution is 9.10. The minimum Gasteiger partial charge on any atom is -0.480 e. The summed E-state index contributed by atoms with van der Waals surface area (Å²) in [5, 5.41) is 8.84. The van der Waals surface area contributed by atoms with Crippen molar-refractivity contribution in [3.63, 3.8) is 0 Å². The fourth-order valence-electron chi connectivity index (χ4n) is 1.58. The maximum Gasteiger partial charge on any atom is 0.323 e. The smallest absolute Gasteiger partial charge is 0.323 e. The average molecular weight is 314 g/mol. The molecule has 0 aliphatic rings. The van der Waals surface area contributed by atoms with E-state index in [0.717, 1.165) is 5.56 Å². The zero-order chi connectivity index (χ0) is 13.9. The number of halogens is 1. The molecule has 1 amide bonds. The van der Waals surface area contributed by atoms with Gasteiger partial charge in [-0.15, -0.1) is 0 Å². The number of carbonyl (C=O) groups excluding carboxylic acids is 1. The highest BCUT2D eigenvalue weighted by Gasteiger charge is 2.22. The summed E-state index contributed by atoms with van der Waals surface area (Å²) in [7, 11) is 0. The predicted molar refractivity (Wildman–Crippen MR) is 72.7 cm³/mol. The van der Waals surface area contributed by atoms with Crippen LogP contribution in [0.4, 0.5) is 0 Å². The number of carboxylic acid groups (broad SMARTS) is 1. The van der Waals surface area contributed by atoms with Gasteiger partial charge in [-0.2, -0.15) is 0 Å². The van der Waals surface area contributed by atoms with Crippen molar-refractivity contribution in [1.29, 1.82) is 0 Å². The lowest BCUT2D eigenvalue weighted by atomic mass is 10.1. The SMILES string of the molecule is Cc1ccc(C(=O)N(CC(=O)O)C(C)C)c(Br)c1. The first-order valence-electron chi connectivity index (χ1n) is 5.62. The average Bonchev–Trinajstić information content (AvgIpc) is 2.24. The number of hydrogen-bond acceptors (Lipinski definition) is 2. The monoisotopic (exact) mass is 313 g/mol. The molecule has 0 saturated heterocycles. The Balaban J connectivity index is 3.05. The molecule has 98 valence electrons. The largest absolute Gasteiger partial charge is 0.480 e. The molecule has 0 aliphatic carbocycles. The van der Waals surface area contributed by atoms with Gasteiger partial charge in [0.1, 0.15) is 6.54 Å². The van der Waals surface area contributed by atoms with E-state index < -0.39 is 5.97 Å². The Labute approximate surface area is 115 Å². The van der Waals surface area contributed by atoms with Crippen LogP contribution in [-0.4, -0.2) is 34.5 Å². The third kappa shape index (κ3) is 3.57. The van der Waals surface area contributed by atoms with Crippen molar-refractivity contribution >= 4 is 27.8 Å². The molecule has 0 saturated carbocycles. The summed E-state index contributed by atoms with van der Waals surface area (Å²) < 4.78 is 0.684. The first-order chi connectivity index (χ1) is 8.32. The Kier molecular flexibility index (Phi) is 4.90. The third-order valence-corrected chi connectivity index (χ3v) is 3.20. The predicted octanol–water partition coefficient (Wildman–Crippen LogP) is 2.69. The molecule has 1 N–H and O–H groups in total. The molecule has 5 heteroatoms. The summed E-state index contributed by atoms with van der Waals surface area (Å²) in [6.45, 7) is 5.22. The lowest BCUT2D eigenvalue weighted by molar-refractivity contribution is -0.138. The van der Waals surface area contributed by atoms with E-state index in [9.17, 15) is 9.59 Å². The second-order valence-electron chi connectivity index (χ2n) is 4.40. The lowest BCUT2D eigenvalue weighted by Gasteiger charge is -2.25. The lowest BCUT2D eigenvalue weighted by Crippen LogP contribution is -2.40. The molecule has 0 fully saturated rings. The van der Waals surface area contributed by atoms with Crippen LogP contribution in [0.5, 0.6) is 0 Å². The van der Waals surface area contributed by atoms with Crippen LogP contribution in [0.15, 0.2) is 22.7 Å². The van der Waals surface area contributed by atoms with Gasteiger partial charge in [0.25, 0.3) is 5.91 Å². The minimum atomic E-state index is -1.01. The molecule has 0 aromatic heterocycles. The fourth-order valence-corrected chi connectivity index (χ4v) is 2.25. The number of amides is 1. The zero-order valence-electron chi connectivity index (χ0n) is 10.6. The second kappa shape index (κ2) is 6.00. The molecule has 1 aromatic rings. The summed E-state index contributed by atoms with van der Waals surface area (Å²) in [4.78, 5) is 24.4. The van der Waals surface area contributed by atoms with Gasteiger partial charge in [0, 0.05) is 10.5 Å². The summed E-state index contributed by atoms with van der Waals surface area (Å²) in [6.07, 6.45) is 0. The Morgan fingerprint density at radius 3 is 2.44 bits per heavy atom. The van der Waals surface area contributed by atoms with Gasteiger partial charge in [0.15, 0.2) is 0 Å². The zero-order valence-corrected chi connectivity index (χ0v) is 12.2. The third-order valence-electron chi connectivity index (χ3n) is 2.54. The highest BCUT2D eigenvalue weighted by atomic mass is 79.9. The van der Waals surface area contributed by atoms with Gasteiger partial charge in [-0.05, 0) is 54.4 Å². The molecule has 0 radical (unpaired) electrons. The second-order valence-corrected chi connectivity index (χ2v) is 5.26. The van der Waals surface area contributed by atoms with E-state index in [-0.39, 0.29) is 18.5 Å². The van der Waals surface area contributed by atoms with Crippen LogP contribution < -0.4 is 0 Å². The van der Waals surface area contributed by atoms with Crippen molar-refractivity contribution in [2.45, 2.75) is 26.8 Å².